The van der Waals surface area contributed by atoms with Crippen LogP contribution in [0, 0.1) is 12.3 Å². The fraction of sp³-hybridized carbons (Fsp3) is 0.100. The van der Waals surface area contributed by atoms with Gasteiger partial charge in [-0.25, -0.2) is 4.68 Å². The van der Waals surface area contributed by atoms with Gasteiger partial charge in [-0.2, -0.15) is 5.10 Å². The highest BCUT2D eigenvalue weighted by atomic mass is 32.2. The minimum absolute atomic E-state index is 0.607. The van der Waals surface area contributed by atoms with E-state index in [9.17, 15) is 0 Å². The van der Waals surface area contributed by atoms with E-state index in [0.717, 1.165) is 5.03 Å². The summed E-state index contributed by atoms with van der Waals surface area (Å²) in [4.78, 5) is 0. The first-order valence-corrected chi connectivity index (χ1v) is 5.29. The number of rotatable bonds is 3. The van der Waals surface area contributed by atoms with Crippen molar-refractivity contribution in [2.75, 3.05) is 5.75 Å². The summed E-state index contributed by atoms with van der Waals surface area (Å²) in [7, 11) is 0. The van der Waals surface area contributed by atoms with Gasteiger partial charge in [0.05, 0.1) is 5.75 Å². The third-order valence-corrected chi connectivity index (χ3v) is 2.49. The van der Waals surface area contributed by atoms with Gasteiger partial charge in [-0.3, -0.25) is 0 Å². The van der Waals surface area contributed by atoms with Gasteiger partial charge in [-0.15, -0.1) is 16.6 Å². The van der Waals surface area contributed by atoms with Crippen LogP contribution in [-0.2, 0) is 0 Å². The molecule has 0 saturated heterocycles. The lowest BCUT2D eigenvalue weighted by Gasteiger charge is -1.99. The summed E-state index contributed by atoms with van der Waals surface area (Å²) in [5.41, 5.74) is 0. The van der Waals surface area contributed by atoms with Crippen LogP contribution in [0.25, 0.3) is 5.82 Å². The van der Waals surface area contributed by atoms with E-state index in [0.29, 0.717) is 11.6 Å². The van der Waals surface area contributed by atoms with Crippen LogP contribution in [0.4, 0.5) is 0 Å². The molecular weight excluding hydrogens is 208 g/mol. The molecule has 0 N–H and O–H groups in total. The Kier molecular flexibility index (Phi) is 3.00. The van der Waals surface area contributed by atoms with Crippen LogP contribution < -0.4 is 0 Å². The Balaban J connectivity index is 2.15. The molecular formula is C10H8N4S. The Morgan fingerprint density at radius 1 is 1.40 bits per heavy atom. The van der Waals surface area contributed by atoms with Crippen LogP contribution >= 0.6 is 11.8 Å². The van der Waals surface area contributed by atoms with Gasteiger partial charge in [-0.1, -0.05) is 17.7 Å². The first kappa shape index (κ1) is 9.74. The van der Waals surface area contributed by atoms with Crippen molar-refractivity contribution in [1.29, 1.82) is 0 Å². The smallest absolute Gasteiger partial charge is 0.175 e. The molecule has 0 aromatic carbocycles. The van der Waals surface area contributed by atoms with Gasteiger partial charge in [0, 0.05) is 12.4 Å². The molecule has 0 atom stereocenters. The van der Waals surface area contributed by atoms with Crippen molar-refractivity contribution in [3.8, 4) is 18.2 Å². The summed E-state index contributed by atoms with van der Waals surface area (Å²) in [6.07, 6.45) is 8.67. The van der Waals surface area contributed by atoms with E-state index in [4.69, 9.17) is 6.42 Å². The summed E-state index contributed by atoms with van der Waals surface area (Å²) in [6.45, 7) is 0. The van der Waals surface area contributed by atoms with Gasteiger partial charge < -0.3 is 0 Å². The van der Waals surface area contributed by atoms with Crippen molar-refractivity contribution in [3.05, 3.63) is 30.6 Å². The monoisotopic (exact) mass is 216 g/mol. The third kappa shape index (κ3) is 2.36. The zero-order chi connectivity index (χ0) is 10.5. The topological polar surface area (TPSA) is 43.6 Å². The van der Waals surface area contributed by atoms with E-state index in [1.54, 1.807) is 10.9 Å². The number of thioether (sulfide) groups is 1. The molecule has 0 bridgehead atoms. The van der Waals surface area contributed by atoms with Crippen LogP contribution in [0.15, 0.2) is 35.6 Å². The largest absolute Gasteiger partial charge is 0.221 e. The Bertz CT molecular complexity index is 455. The molecule has 0 aliphatic heterocycles. The standard InChI is InChI=1S/C10H8N4S/c1-2-8-15-10-5-4-9(12-13-10)14-7-3-6-11-14/h1,3-7H,8H2. The average Bonchev–Trinajstić information content (AvgIpc) is 2.80. The number of hydrogen-bond acceptors (Lipinski definition) is 4. The van der Waals surface area contributed by atoms with Crippen molar-refractivity contribution in [2.24, 2.45) is 0 Å². The Labute approximate surface area is 91.7 Å². The Morgan fingerprint density at radius 3 is 2.93 bits per heavy atom. The predicted octanol–water partition coefficient (Wildman–Crippen LogP) is 1.39. The minimum atomic E-state index is 0.607. The number of aromatic nitrogens is 4. The minimum Gasteiger partial charge on any atom is -0.221 e. The SMILES string of the molecule is C#CCSc1ccc(-n2cccn2)nn1. The van der Waals surface area contributed by atoms with Crippen molar-refractivity contribution >= 4 is 11.8 Å². The van der Waals surface area contributed by atoms with E-state index < -0.39 is 0 Å². The van der Waals surface area contributed by atoms with Gasteiger partial charge in [0.1, 0.15) is 5.03 Å². The second kappa shape index (κ2) is 4.62. The second-order valence-corrected chi connectivity index (χ2v) is 3.67. The summed E-state index contributed by atoms with van der Waals surface area (Å²) in [6, 6.07) is 5.58. The van der Waals surface area contributed by atoms with E-state index in [1.165, 1.54) is 11.8 Å². The molecule has 2 rings (SSSR count). The van der Waals surface area contributed by atoms with E-state index >= 15 is 0 Å². The molecule has 0 aliphatic carbocycles. The van der Waals surface area contributed by atoms with Gasteiger partial charge in [0.2, 0.25) is 0 Å². The van der Waals surface area contributed by atoms with E-state index in [-0.39, 0.29) is 0 Å². The molecule has 2 heterocycles. The molecule has 2 aromatic heterocycles. The fourth-order valence-corrected chi connectivity index (χ4v) is 1.53. The van der Waals surface area contributed by atoms with E-state index in [1.807, 2.05) is 24.4 Å². The lowest BCUT2D eigenvalue weighted by Crippen LogP contribution is -1.99. The number of terminal acetylenes is 1. The predicted molar refractivity (Wildman–Crippen MR) is 58.7 cm³/mol. The van der Waals surface area contributed by atoms with Crippen molar-refractivity contribution in [2.45, 2.75) is 5.03 Å². The first-order valence-electron chi connectivity index (χ1n) is 4.30. The zero-order valence-electron chi connectivity index (χ0n) is 7.87. The summed E-state index contributed by atoms with van der Waals surface area (Å²) < 4.78 is 1.66. The normalized spacial score (nSPS) is 9.80. The number of nitrogens with zero attached hydrogens (tertiary/aromatic N) is 4. The highest BCUT2D eigenvalue weighted by Gasteiger charge is 1.99. The summed E-state index contributed by atoms with van der Waals surface area (Å²) >= 11 is 1.49. The van der Waals surface area contributed by atoms with Gasteiger partial charge in [0.15, 0.2) is 5.82 Å². The molecule has 15 heavy (non-hydrogen) atoms. The van der Waals surface area contributed by atoms with Crippen LogP contribution in [-0.4, -0.2) is 25.7 Å². The highest BCUT2D eigenvalue weighted by Crippen LogP contribution is 2.13. The van der Waals surface area contributed by atoms with Crippen LogP contribution in [0.2, 0.25) is 0 Å². The van der Waals surface area contributed by atoms with Crippen molar-refractivity contribution in [1.82, 2.24) is 20.0 Å². The first-order chi connectivity index (χ1) is 7.40. The Hall–Kier alpha value is -1.80. The van der Waals surface area contributed by atoms with E-state index in [2.05, 4.69) is 21.2 Å². The van der Waals surface area contributed by atoms with Crippen LogP contribution in [0.5, 0.6) is 0 Å². The van der Waals surface area contributed by atoms with Crippen molar-refractivity contribution < 1.29 is 0 Å². The molecule has 0 radical (unpaired) electrons. The van der Waals surface area contributed by atoms with Crippen molar-refractivity contribution in [3.63, 3.8) is 0 Å². The molecule has 0 fully saturated rings. The highest BCUT2D eigenvalue weighted by molar-refractivity contribution is 7.99. The van der Waals surface area contributed by atoms with Gasteiger partial charge >= 0.3 is 0 Å². The summed E-state index contributed by atoms with van der Waals surface area (Å²) in [5, 5.41) is 12.9. The maximum atomic E-state index is 5.15. The quantitative estimate of drug-likeness (QED) is 0.574. The lowest BCUT2D eigenvalue weighted by molar-refractivity contribution is 0.792. The molecule has 0 spiro atoms. The summed E-state index contributed by atoms with van der Waals surface area (Å²) in [5.74, 6) is 3.84. The molecule has 0 unspecified atom stereocenters. The molecule has 5 heteroatoms. The molecule has 0 aliphatic rings. The van der Waals surface area contributed by atoms with Crippen LogP contribution in [0.3, 0.4) is 0 Å². The number of hydrogen-bond donors (Lipinski definition) is 0. The Morgan fingerprint density at radius 2 is 2.33 bits per heavy atom. The third-order valence-electron chi connectivity index (χ3n) is 1.67. The maximum absolute atomic E-state index is 5.15. The molecule has 2 aromatic rings. The zero-order valence-corrected chi connectivity index (χ0v) is 8.68. The molecule has 0 amide bonds. The fourth-order valence-electron chi connectivity index (χ4n) is 1.03. The molecule has 4 nitrogen and oxygen atoms in total. The molecule has 0 saturated carbocycles. The average molecular weight is 216 g/mol. The van der Waals surface area contributed by atoms with Gasteiger partial charge in [0.25, 0.3) is 0 Å². The molecule has 74 valence electrons. The van der Waals surface area contributed by atoms with Gasteiger partial charge in [-0.05, 0) is 18.2 Å². The lowest BCUT2D eigenvalue weighted by atomic mass is 10.5. The maximum Gasteiger partial charge on any atom is 0.175 e. The van der Waals surface area contributed by atoms with Crippen LogP contribution in [0.1, 0.15) is 0 Å². The second-order valence-electron chi connectivity index (χ2n) is 2.67.